The maximum atomic E-state index is 13.8. The second-order valence-corrected chi connectivity index (χ2v) is 44.2. The van der Waals surface area contributed by atoms with Gasteiger partial charge in [0.15, 0.2) is 14.7 Å². The van der Waals surface area contributed by atoms with E-state index in [-0.39, 0.29) is 76.9 Å². The van der Waals surface area contributed by atoms with E-state index < -0.39 is 75.5 Å². The van der Waals surface area contributed by atoms with Crippen molar-refractivity contribution in [3.8, 4) is 11.5 Å². The van der Waals surface area contributed by atoms with Gasteiger partial charge in [-0.15, -0.1) is 0 Å². The molecule has 5 heterocycles. The zero-order valence-corrected chi connectivity index (χ0v) is 72.1. The number of esters is 2. The Morgan fingerprint density at radius 3 is 1.41 bits per heavy atom. The number of ether oxygens (including phenoxy) is 5. The summed E-state index contributed by atoms with van der Waals surface area (Å²) in [5, 5.41) is 2.22. The number of fused-ring (bicyclic) bond motifs is 6. The zero-order valence-electron chi connectivity index (χ0n) is 68.8. The van der Waals surface area contributed by atoms with Crippen LogP contribution >= 0.6 is 0 Å². The fourth-order valence-corrected chi connectivity index (χ4v) is 30.2. The minimum Gasteiger partial charge on any atom is -0.496 e. The highest BCUT2D eigenvalue weighted by molar-refractivity contribution is 7.97. The van der Waals surface area contributed by atoms with Crippen molar-refractivity contribution in [2.24, 2.45) is 58.2 Å². The van der Waals surface area contributed by atoms with Gasteiger partial charge in [-0.05, 0) is 231 Å². The number of sulfonamides is 1. The van der Waals surface area contributed by atoms with Crippen molar-refractivity contribution in [3.63, 3.8) is 0 Å². The van der Waals surface area contributed by atoms with Gasteiger partial charge in [0.05, 0.1) is 39.5 Å². The average Bonchev–Trinajstić information content (AvgIpc) is 1.00. The van der Waals surface area contributed by atoms with Gasteiger partial charge < -0.3 is 28.3 Å². The number of alkyl halides is 13. The van der Waals surface area contributed by atoms with Crippen LogP contribution in [0.15, 0.2) is 130 Å². The minimum absolute atomic E-state index is 0. The summed E-state index contributed by atoms with van der Waals surface area (Å²) < 4.78 is 223. The maximum absolute atomic E-state index is 13.8. The molecule has 11 nitrogen and oxygen atoms in total. The largest absolute Gasteiger partial charge is 0.496 e. The van der Waals surface area contributed by atoms with E-state index in [1.54, 1.807) is 24.0 Å². The summed E-state index contributed by atoms with van der Waals surface area (Å²) in [5.41, 5.74) is 1.76. The lowest BCUT2D eigenvalue weighted by molar-refractivity contribution is -0.279. The molecule has 1 aromatic heterocycles. The number of carbonyl (C=O) groups excluding carboxylic acids is 2. The van der Waals surface area contributed by atoms with Crippen molar-refractivity contribution in [2.45, 2.75) is 254 Å². The lowest BCUT2D eigenvalue weighted by atomic mass is 9.49. The van der Waals surface area contributed by atoms with E-state index in [0.717, 1.165) is 107 Å². The molecule has 6 aromatic carbocycles. The summed E-state index contributed by atoms with van der Waals surface area (Å²) in [4.78, 5) is 28.1. The molecule has 9 aliphatic carbocycles. The number of carbonyl (C=O) groups is 2. The fourth-order valence-electron chi connectivity index (χ4n) is 21.8. The number of methoxy groups -OCH3 is 2. The second-order valence-electron chi connectivity index (χ2n) is 35.4. The van der Waals surface area contributed by atoms with E-state index in [0.29, 0.717) is 83.0 Å². The molecule has 4 aliphatic heterocycles. The zero-order chi connectivity index (χ0) is 85.3. The molecule has 28 heteroatoms. The van der Waals surface area contributed by atoms with Crippen LogP contribution in [0.2, 0.25) is 0 Å². The topological polar surface area (TPSA) is 123 Å². The van der Waals surface area contributed by atoms with Crippen LogP contribution in [0.1, 0.15) is 191 Å². The first kappa shape index (κ1) is 98.4. The Hall–Kier alpha value is -5.81. The normalized spacial score (nSPS) is 26.3. The first-order valence-corrected chi connectivity index (χ1v) is 48.6. The van der Waals surface area contributed by atoms with Crippen molar-refractivity contribution in [1.82, 2.24) is 8.87 Å². The Labute approximate surface area is 721 Å². The SMILES string of the molecule is C.C.C.CC(F)(F)C(=O)OCC12CC3CC(CC(C3)C1)C2.CC(F)(F)C(F)(F)C(F)(F)S(=O)(=O)N1CCC2CCCCC2C1.CC(F)(F)C(OC(=O)C12CC3CC(CC(C3)C1)C2)C(F)(F)F.CCn1c2ccccc2c2cc([S+]3CCOCC3)ccc21.COc1ccc([S+]2CCCC2)c2ccccc12.COc1ccc([S+]2CCCCC2)c2ccccc12. The van der Waals surface area contributed by atoms with Gasteiger partial charge in [-0.1, -0.05) is 96.1 Å². The van der Waals surface area contributed by atoms with Gasteiger partial charge in [-0.3, -0.25) is 4.79 Å². The van der Waals surface area contributed by atoms with Crippen LogP contribution in [0.3, 0.4) is 0 Å². The van der Waals surface area contributed by atoms with Crippen LogP contribution in [0.5, 0.6) is 11.5 Å². The van der Waals surface area contributed by atoms with Crippen LogP contribution in [0.25, 0.3) is 43.4 Å². The number of piperidine rings is 1. The third-order valence-corrected chi connectivity index (χ3v) is 36.0. The molecule has 20 rings (SSSR count). The third kappa shape index (κ3) is 21.6. The highest BCUT2D eigenvalue weighted by atomic mass is 32.2. The molecule has 13 aliphatic rings. The van der Waals surface area contributed by atoms with Crippen molar-refractivity contribution >= 4 is 98.0 Å². The molecule has 122 heavy (non-hydrogen) atoms. The molecule has 678 valence electrons. The van der Waals surface area contributed by atoms with Crippen molar-refractivity contribution in [3.05, 3.63) is 115 Å². The number of benzene rings is 6. The molecule has 7 aromatic rings. The lowest BCUT2D eigenvalue weighted by Crippen LogP contribution is -2.61. The number of rotatable bonds is 16. The Morgan fingerprint density at radius 1 is 0.516 bits per heavy atom. The second kappa shape index (κ2) is 40.2. The van der Waals surface area contributed by atoms with Crippen LogP contribution in [-0.2, 0) is 73.1 Å². The summed E-state index contributed by atoms with van der Waals surface area (Å²) in [6.45, 7) is 4.95. The van der Waals surface area contributed by atoms with E-state index in [9.17, 15) is 75.1 Å². The van der Waals surface area contributed by atoms with Crippen molar-refractivity contribution in [1.29, 1.82) is 0 Å². The maximum Gasteiger partial charge on any atom is 0.431 e. The van der Waals surface area contributed by atoms with Gasteiger partial charge in [0.25, 0.3) is 22.0 Å². The number of para-hydroxylation sites is 1. The van der Waals surface area contributed by atoms with Crippen LogP contribution < -0.4 is 9.47 Å². The Morgan fingerprint density at radius 2 is 0.959 bits per heavy atom. The number of hydrogen-bond acceptors (Lipinski definition) is 9. The van der Waals surface area contributed by atoms with E-state index in [4.69, 9.17) is 18.9 Å². The molecule has 4 saturated heterocycles. The molecule has 3 atom stereocenters. The predicted molar refractivity (Wildman–Crippen MR) is 467 cm³/mol. The van der Waals surface area contributed by atoms with Crippen molar-refractivity contribution < 1.29 is 98.8 Å². The summed E-state index contributed by atoms with van der Waals surface area (Å²) in [5.74, 6) is -8.04. The highest BCUT2D eigenvalue weighted by Crippen LogP contribution is 2.62. The number of aromatic nitrogens is 1. The summed E-state index contributed by atoms with van der Waals surface area (Å²) in [6.07, 6.45) is 13.5. The van der Waals surface area contributed by atoms with Crippen molar-refractivity contribution in [2.75, 3.05) is 81.6 Å². The molecule has 0 amide bonds. The summed E-state index contributed by atoms with van der Waals surface area (Å²) >= 11 is 0. The van der Waals surface area contributed by atoms with E-state index in [1.165, 1.54) is 134 Å². The standard InChI is InChI=1S/C18H20NOS.C16H19OS.C15H19F5O2.C15H17OS.C14H20F2O2.C13H19F6NO2S.3CH4/c1-2-19-17-6-4-3-5-15(17)16-13-14(7-8-18(16)19)21-11-9-20-10-12-21;1-17-15-9-10-16(18-11-5-2-6-12-18)14-8-4-3-7-13(14)15;1-13(16,17)11(15(18,19)20)22-12(21)14-5-8-2-9(6-14)4-10(3-8)7-14;1-16-14-8-9-15(17-10-4-5-11-17)13-7-3-2-6-12(13)14;1-13(15,16)12(17)18-8-14-5-9-2-10(6-14)4-11(3-9)7-14;1-11(14,15)12(16,17)13(18,19)23(21,22)20-7-6-9-4-2-3-5-10(9)8-20;;;/h3-8,13H,2,9-12H2,1H3;3-4,7-10H,2,5-6,11-12H2,1H3;8-11H,2-7H2,1H3;2-3,6-9H,4-5,10-11H2,1H3;9-11H,2-8H2,1H3;9-10H,2-8H2,1H3;3*1H4/q2*+1;;+1;;;;;. The number of nitrogens with zero attached hydrogens (tertiary/aromatic N) is 2. The minimum atomic E-state index is -5.98. The monoisotopic (exact) mass is 1800 g/mol. The molecule has 3 unspecified atom stereocenters. The average molecular weight is 1800 g/mol. The molecular weight excluding hydrogens is 1680 g/mol. The molecule has 9 saturated carbocycles. The molecule has 8 bridgehead atoms. The van der Waals surface area contributed by atoms with Crippen LogP contribution in [0, 0.1) is 58.2 Å². The Kier molecular flexibility index (Phi) is 32.4. The van der Waals surface area contributed by atoms with Gasteiger partial charge in [0.1, 0.15) is 46.0 Å². The van der Waals surface area contributed by atoms with Crippen LogP contribution in [0.4, 0.5) is 57.1 Å². The van der Waals surface area contributed by atoms with Crippen LogP contribution in [-0.4, -0.2) is 152 Å². The lowest BCUT2D eigenvalue weighted by Gasteiger charge is -2.56. The Balaban J connectivity index is 0.000000153. The van der Waals surface area contributed by atoms with E-state index >= 15 is 0 Å². The van der Waals surface area contributed by atoms with Gasteiger partial charge >= 0.3 is 41.1 Å². The predicted octanol–water partition coefficient (Wildman–Crippen LogP) is 24.8. The molecular formula is C94H126F13N2O9S4+3. The number of aryl methyl sites for hydroxylation is 1. The summed E-state index contributed by atoms with van der Waals surface area (Å²) in [6, 6.07) is 41.9. The summed E-state index contributed by atoms with van der Waals surface area (Å²) in [7, 11) is -1.09. The number of halogens is 13. The first-order valence-electron chi connectivity index (χ1n) is 42.4. The molecule has 0 spiro atoms. The molecule has 0 radical (unpaired) electrons. The Bertz CT molecular complexity index is 4680. The molecule has 0 N–H and O–H groups in total. The number of hydrogen-bond donors (Lipinski definition) is 0. The third-order valence-electron chi connectivity index (χ3n) is 26.7. The van der Waals surface area contributed by atoms with Gasteiger partial charge in [0.2, 0.25) is 0 Å². The van der Waals surface area contributed by atoms with Gasteiger partial charge in [-0.2, -0.15) is 52.6 Å². The fraction of sp³-hybridized carbons (Fsp3) is 0.638. The van der Waals surface area contributed by atoms with E-state index in [1.807, 2.05) is 0 Å². The van der Waals surface area contributed by atoms with E-state index in [2.05, 4.69) is 131 Å². The van der Waals surface area contributed by atoms with Gasteiger partial charge in [0, 0.05) is 128 Å². The smallest absolute Gasteiger partial charge is 0.431 e. The van der Waals surface area contributed by atoms with Gasteiger partial charge in [-0.25, -0.2) is 22.0 Å². The highest BCUT2D eigenvalue weighted by Gasteiger charge is 2.77. The first-order chi connectivity index (χ1) is 56.4. The molecule has 13 fully saturated rings. The quantitative estimate of drug-likeness (QED) is 0.0529.